The molecule has 0 saturated carbocycles. The average molecular weight is 378 g/mol. The molecule has 25 heavy (non-hydrogen) atoms. The van der Waals surface area contributed by atoms with Gasteiger partial charge in [-0.1, -0.05) is 29.0 Å². The first kappa shape index (κ1) is 17.8. The number of carbonyl (C=O) groups is 1. The van der Waals surface area contributed by atoms with Gasteiger partial charge in [0.25, 0.3) is 5.91 Å². The summed E-state index contributed by atoms with van der Waals surface area (Å²) in [6.45, 7) is 3.17. The lowest BCUT2D eigenvalue weighted by Crippen LogP contribution is -2.37. The molecule has 0 N–H and O–H groups in total. The number of carbonyl (C=O) groups excluding carboxylic acids is 1. The van der Waals surface area contributed by atoms with Crippen LogP contribution in [0, 0.1) is 6.92 Å². The van der Waals surface area contributed by atoms with E-state index in [0.29, 0.717) is 22.4 Å². The summed E-state index contributed by atoms with van der Waals surface area (Å²) >= 11 is 7.70. The number of aryl methyl sites for hydroxylation is 2. The quantitative estimate of drug-likeness (QED) is 0.685. The van der Waals surface area contributed by atoms with E-state index in [9.17, 15) is 4.79 Å². The molecule has 2 heterocycles. The highest BCUT2D eigenvalue weighted by molar-refractivity contribution is 7.22. The minimum Gasteiger partial charge on any atom is -0.308 e. The van der Waals surface area contributed by atoms with Crippen molar-refractivity contribution in [3.8, 4) is 0 Å². The molecule has 3 rings (SSSR count). The Morgan fingerprint density at radius 1 is 1.32 bits per heavy atom. The number of thiazole rings is 1. The number of anilines is 1. The van der Waals surface area contributed by atoms with Gasteiger partial charge in [0.2, 0.25) is 0 Å². The Morgan fingerprint density at radius 2 is 2.08 bits per heavy atom. The third kappa shape index (κ3) is 3.68. The van der Waals surface area contributed by atoms with Gasteiger partial charge in [-0.3, -0.25) is 14.4 Å². The van der Waals surface area contributed by atoms with Crippen molar-refractivity contribution in [1.82, 2.24) is 19.7 Å². The van der Waals surface area contributed by atoms with Gasteiger partial charge in [-0.25, -0.2) is 4.98 Å². The number of hydrogen-bond acceptors (Lipinski definition) is 5. The van der Waals surface area contributed by atoms with E-state index in [2.05, 4.69) is 10.1 Å². The first-order valence-electron chi connectivity index (χ1n) is 7.89. The van der Waals surface area contributed by atoms with E-state index in [1.807, 2.05) is 51.2 Å². The Hall–Kier alpha value is -1.96. The summed E-state index contributed by atoms with van der Waals surface area (Å²) in [5.74, 6) is -0.152. The summed E-state index contributed by atoms with van der Waals surface area (Å²) in [6.07, 6.45) is 0. The van der Waals surface area contributed by atoms with Crippen LogP contribution in [-0.2, 0) is 7.05 Å². The van der Waals surface area contributed by atoms with Gasteiger partial charge in [0.05, 0.1) is 9.72 Å². The van der Waals surface area contributed by atoms with Gasteiger partial charge in [-0.05, 0) is 39.2 Å². The van der Waals surface area contributed by atoms with Crippen molar-refractivity contribution < 1.29 is 4.79 Å². The number of nitrogens with zero attached hydrogens (tertiary/aromatic N) is 5. The number of likely N-dealkylation sites (N-methyl/N-ethyl adjacent to an activating group) is 1. The number of amides is 1. The van der Waals surface area contributed by atoms with Gasteiger partial charge in [0.1, 0.15) is 5.52 Å². The van der Waals surface area contributed by atoms with Crippen molar-refractivity contribution in [2.75, 3.05) is 32.1 Å². The lowest BCUT2D eigenvalue weighted by Gasteiger charge is -2.21. The van der Waals surface area contributed by atoms with Crippen LogP contribution < -0.4 is 4.90 Å². The van der Waals surface area contributed by atoms with E-state index in [1.165, 1.54) is 11.3 Å². The number of hydrogen-bond donors (Lipinski definition) is 0. The van der Waals surface area contributed by atoms with E-state index in [4.69, 9.17) is 11.6 Å². The van der Waals surface area contributed by atoms with Crippen LogP contribution in [0.15, 0.2) is 24.3 Å². The molecule has 0 aliphatic rings. The smallest absolute Gasteiger partial charge is 0.280 e. The summed E-state index contributed by atoms with van der Waals surface area (Å²) in [5.41, 5.74) is 2.08. The van der Waals surface area contributed by atoms with Crippen LogP contribution in [0.2, 0.25) is 5.02 Å². The van der Waals surface area contributed by atoms with Gasteiger partial charge in [0, 0.05) is 25.8 Å². The van der Waals surface area contributed by atoms with Gasteiger partial charge < -0.3 is 4.90 Å². The Bertz CT molecular complexity index is 898. The highest BCUT2D eigenvalue weighted by Gasteiger charge is 2.24. The molecule has 0 unspecified atom stereocenters. The SMILES string of the molecule is Cc1cc(C(=O)N(CCN(C)C)c2nc3c(Cl)cccc3s2)nn1C. The van der Waals surface area contributed by atoms with Crippen molar-refractivity contribution in [2.45, 2.75) is 6.92 Å². The zero-order valence-corrected chi connectivity index (χ0v) is 16.2. The molecule has 1 aromatic carbocycles. The van der Waals surface area contributed by atoms with Crippen molar-refractivity contribution in [1.29, 1.82) is 0 Å². The molecule has 0 fully saturated rings. The van der Waals surface area contributed by atoms with Crippen molar-refractivity contribution in [3.63, 3.8) is 0 Å². The molecule has 0 radical (unpaired) electrons. The zero-order valence-electron chi connectivity index (χ0n) is 14.7. The summed E-state index contributed by atoms with van der Waals surface area (Å²) in [4.78, 5) is 21.4. The number of para-hydroxylation sites is 1. The minimum absolute atomic E-state index is 0.152. The van der Waals surface area contributed by atoms with E-state index >= 15 is 0 Å². The monoisotopic (exact) mass is 377 g/mol. The normalized spacial score (nSPS) is 11.4. The second-order valence-electron chi connectivity index (χ2n) is 6.14. The molecular weight excluding hydrogens is 358 g/mol. The minimum atomic E-state index is -0.152. The second-order valence-corrected chi connectivity index (χ2v) is 7.55. The molecule has 0 bridgehead atoms. The van der Waals surface area contributed by atoms with Gasteiger partial charge in [-0.2, -0.15) is 5.10 Å². The number of halogens is 1. The lowest BCUT2D eigenvalue weighted by molar-refractivity contribution is 0.0979. The summed E-state index contributed by atoms with van der Waals surface area (Å²) in [6, 6.07) is 7.45. The van der Waals surface area contributed by atoms with Crippen LogP contribution in [0.25, 0.3) is 10.2 Å². The number of aromatic nitrogens is 3. The van der Waals surface area contributed by atoms with Crippen LogP contribution in [0.1, 0.15) is 16.2 Å². The summed E-state index contributed by atoms with van der Waals surface area (Å²) in [7, 11) is 5.78. The largest absolute Gasteiger partial charge is 0.308 e. The van der Waals surface area contributed by atoms with Gasteiger partial charge >= 0.3 is 0 Å². The van der Waals surface area contributed by atoms with Crippen molar-refractivity contribution >= 4 is 44.2 Å². The summed E-state index contributed by atoms with van der Waals surface area (Å²) in [5, 5.41) is 5.55. The fraction of sp³-hybridized carbons (Fsp3) is 0.353. The van der Waals surface area contributed by atoms with E-state index in [0.717, 1.165) is 22.5 Å². The molecule has 132 valence electrons. The van der Waals surface area contributed by atoms with Crippen LogP contribution >= 0.6 is 22.9 Å². The fourth-order valence-electron chi connectivity index (χ4n) is 2.41. The molecular formula is C17H20ClN5OS. The first-order chi connectivity index (χ1) is 11.9. The predicted molar refractivity (Wildman–Crippen MR) is 103 cm³/mol. The molecule has 0 spiro atoms. The molecule has 0 saturated heterocycles. The second kappa shape index (κ2) is 7.11. The molecule has 1 amide bonds. The topological polar surface area (TPSA) is 54.3 Å². The Labute approximate surface area is 155 Å². The van der Waals surface area contributed by atoms with Crippen LogP contribution in [0.3, 0.4) is 0 Å². The third-order valence-corrected chi connectivity index (χ3v) is 5.29. The maximum Gasteiger partial charge on any atom is 0.280 e. The number of fused-ring (bicyclic) bond motifs is 1. The predicted octanol–water partition coefficient (Wildman–Crippen LogP) is 3.20. The first-order valence-corrected chi connectivity index (χ1v) is 9.08. The zero-order chi connectivity index (χ0) is 18.1. The van der Waals surface area contributed by atoms with E-state index < -0.39 is 0 Å². The maximum atomic E-state index is 13.1. The fourth-order valence-corrected chi connectivity index (χ4v) is 3.70. The highest BCUT2D eigenvalue weighted by atomic mass is 35.5. The Kier molecular flexibility index (Phi) is 5.08. The van der Waals surface area contributed by atoms with Gasteiger partial charge in [0.15, 0.2) is 10.8 Å². The Morgan fingerprint density at radius 3 is 2.68 bits per heavy atom. The summed E-state index contributed by atoms with van der Waals surface area (Å²) < 4.78 is 2.66. The molecule has 2 aromatic heterocycles. The van der Waals surface area contributed by atoms with E-state index in [-0.39, 0.29) is 5.91 Å². The third-order valence-electron chi connectivity index (χ3n) is 3.94. The van der Waals surface area contributed by atoms with Crippen molar-refractivity contribution in [3.05, 3.63) is 40.7 Å². The Balaban J connectivity index is 2.00. The molecule has 3 aromatic rings. The molecule has 8 heteroatoms. The lowest BCUT2D eigenvalue weighted by atomic mass is 10.3. The van der Waals surface area contributed by atoms with Crippen LogP contribution in [-0.4, -0.2) is 52.8 Å². The highest BCUT2D eigenvalue weighted by Crippen LogP contribution is 2.33. The van der Waals surface area contributed by atoms with E-state index in [1.54, 1.807) is 15.6 Å². The number of benzene rings is 1. The number of rotatable bonds is 5. The molecule has 0 aliphatic carbocycles. The average Bonchev–Trinajstić information content (AvgIpc) is 3.12. The molecule has 0 aliphatic heterocycles. The van der Waals surface area contributed by atoms with Crippen LogP contribution in [0.4, 0.5) is 5.13 Å². The van der Waals surface area contributed by atoms with Gasteiger partial charge in [-0.15, -0.1) is 0 Å². The van der Waals surface area contributed by atoms with Crippen molar-refractivity contribution in [2.24, 2.45) is 7.05 Å². The van der Waals surface area contributed by atoms with Crippen LogP contribution in [0.5, 0.6) is 0 Å². The molecule has 0 atom stereocenters. The molecule has 6 nitrogen and oxygen atoms in total. The standard InChI is InChI=1S/C17H20ClN5OS/c1-11-10-13(20-22(11)4)16(24)23(9-8-21(2)3)17-19-15-12(18)6-5-7-14(15)25-17/h5-7,10H,8-9H2,1-4H3. The maximum absolute atomic E-state index is 13.1.